The van der Waals surface area contributed by atoms with Gasteiger partial charge in [-0.1, -0.05) is 13.3 Å². The first-order chi connectivity index (χ1) is 10.6. The third-order valence-electron chi connectivity index (χ3n) is 4.55. The summed E-state index contributed by atoms with van der Waals surface area (Å²) in [5, 5.41) is 7.65. The van der Waals surface area contributed by atoms with Crippen LogP contribution in [0.25, 0.3) is 0 Å². The van der Waals surface area contributed by atoms with Gasteiger partial charge in [-0.2, -0.15) is 0 Å². The first-order valence-corrected chi connectivity index (χ1v) is 11.1. The Morgan fingerprint density at radius 3 is 1.50 bits per heavy atom. The number of nitrogens with one attached hydrogen (secondary N) is 1. The van der Waals surface area contributed by atoms with Crippen LogP contribution >= 0.6 is 7.71 Å². The molecule has 0 aliphatic heterocycles. The van der Waals surface area contributed by atoms with Crippen LogP contribution < -0.4 is 0 Å². The molecule has 132 valence electrons. The van der Waals surface area contributed by atoms with Crippen molar-refractivity contribution in [2.75, 3.05) is 45.4 Å². The van der Waals surface area contributed by atoms with E-state index in [1.807, 2.05) is 0 Å². The lowest BCUT2D eigenvalue weighted by Gasteiger charge is -2.46. The average Bonchev–Trinajstić information content (AvgIpc) is 2.54. The molecule has 0 saturated carbocycles. The van der Waals surface area contributed by atoms with E-state index in [-0.39, 0.29) is 0 Å². The van der Waals surface area contributed by atoms with Crippen molar-refractivity contribution >= 4 is 13.9 Å². The molecule has 1 N–H and O–H groups in total. The van der Waals surface area contributed by atoms with Gasteiger partial charge < -0.3 is 5.41 Å². The van der Waals surface area contributed by atoms with E-state index in [1.165, 1.54) is 25.4 Å². The molecular weight excluding hydrogens is 291 g/mol. The number of hydrogen-bond acceptors (Lipinski definition) is 4. The van der Waals surface area contributed by atoms with Crippen molar-refractivity contribution < 1.29 is 0 Å². The lowest BCUT2D eigenvalue weighted by molar-refractivity contribution is 0.336. The van der Waals surface area contributed by atoms with Gasteiger partial charge in [0.15, 0.2) is 0 Å². The van der Waals surface area contributed by atoms with Crippen molar-refractivity contribution in [3.63, 3.8) is 0 Å². The van der Waals surface area contributed by atoms with Gasteiger partial charge in [0.25, 0.3) is 0 Å². The fraction of sp³-hybridized carbons (Fsp3) is 0.941. The molecule has 0 bridgehead atoms. The van der Waals surface area contributed by atoms with E-state index in [2.05, 4.69) is 55.6 Å². The molecule has 0 saturated heterocycles. The summed E-state index contributed by atoms with van der Waals surface area (Å²) in [7, 11) is -1.52. The van der Waals surface area contributed by atoms with Crippen LogP contribution in [0.15, 0.2) is 0 Å². The Bertz CT molecular complexity index is 266. The summed E-state index contributed by atoms with van der Waals surface area (Å²) >= 11 is 0. The quantitative estimate of drug-likeness (QED) is 0.287. The number of rotatable bonds is 14. The first-order valence-electron chi connectivity index (χ1n) is 9.25. The van der Waals surface area contributed by atoms with E-state index >= 15 is 0 Å². The molecule has 0 radical (unpaired) electrons. The summed E-state index contributed by atoms with van der Waals surface area (Å²) in [5.41, 5.74) is 0. The van der Waals surface area contributed by atoms with Crippen LogP contribution in [0.4, 0.5) is 0 Å². The molecule has 0 rings (SSSR count). The highest BCUT2D eigenvalue weighted by atomic mass is 31.2. The highest BCUT2D eigenvalue weighted by Crippen LogP contribution is 2.67. The van der Waals surface area contributed by atoms with Crippen molar-refractivity contribution in [3.8, 4) is 0 Å². The van der Waals surface area contributed by atoms with Gasteiger partial charge in [0, 0.05) is 38.9 Å². The number of nitrogens with zero attached hydrogens (tertiary/aromatic N) is 3. The van der Waals surface area contributed by atoms with Crippen LogP contribution in [-0.2, 0) is 0 Å². The first kappa shape index (κ1) is 22.0. The van der Waals surface area contributed by atoms with Crippen molar-refractivity contribution in [1.82, 2.24) is 14.0 Å². The Labute approximate surface area is 140 Å². The third kappa shape index (κ3) is 5.26. The highest BCUT2D eigenvalue weighted by Gasteiger charge is 2.52. The second kappa shape index (κ2) is 12.4. The van der Waals surface area contributed by atoms with Gasteiger partial charge in [-0.15, -0.1) is 14.0 Å². The SMILES string of the molecule is CCCCC[P+](N(CC)CC)(N(CC)CC)N(CC)CC=N. The fourth-order valence-corrected chi connectivity index (χ4v) is 8.66. The molecule has 0 aromatic rings. The van der Waals surface area contributed by atoms with Gasteiger partial charge in [0.05, 0.1) is 6.54 Å². The van der Waals surface area contributed by atoms with E-state index in [1.54, 1.807) is 6.21 Å². The maximum absolute atomic E-state index is 7.65. The maximum atomic E-state index is 7.65. The fourth-order valence-electron chi connectivity index (χ4n) is 3.48. The van der Waals surface area contributed by atoms with Crippen LogP contribution in [0, 0.1) is 5.41 Å². The van der Waals surface area contributed by atoms with Crippen LogP contribution in [0.1, 0.15) is 60.8 Å². The molecule has 0 aromatic heterocycles. The van der Waals surface area contributed by atoms with E-state index in [4.69, 9.17) is 5.41 Å². The van der Waals surface area contributed by atoms with Gasteiger partial charge in [0.1, 0.15) is 6.16 Å². The molecule has 4 nitrogen and oxygen atoms in total. The van der Waals surface area contributed by atoms with Crippen LogP contribution in [0.2, 0.25) is 0 Å². The van der Waals surface area contributed by atoms with Crippen molar-refractivity contribution in [2.45, 2.75) is 60.8 Å². The summed E-state index contributed by atoms with van der Waals surface area (Å²) in [5.74, 6) is 0. The molecule has 0 aliphatic rings. The molecule has 0 atom stereocenters. The topological polar surface area (TPSA) is 33.6 Å². The van der Waals surface area contributed by atoms with E-state index < -0.39 is 7.71 Å². The molecule has 0 unspecified atom stereocenters. The Balaban J connectivity index is 5.79. The van der Waals surface area contributed by atoms with Crippen molar-refractivity contribution in [1.29, 1.82) is 5.41 Å². The lowest BCUT2D eigenvalue weighted by Crippen LogP contribution is -2.47. The second-order valence-electron chi connectivity index (χ2n) is 5.61. The molecule has 5 heteroatoms. The molecule has 0 amide bonds. The third-order valence-corrected chi connectivity index (χ3v) is 9.76. The minimum atomic E-state index is -1.52. The van der Waals surface area contributed by atoms with Crippen molar-refractivity contribution in [2.24, 2.45) is 0 Å². The highest BCUT2D eigenvalue weighted by molar-refractivity contribution is 7.69. The Morgan fingerprint density at radius 2 is 1.18 bits per heavy atom. The predicted molar refractivity (Wildman–Crippen MR) is 103 cm³/mol. The van der Waals surface area contributed by atoms with Crippen LogP contribution in [0.5, 0.6) is 0 Å². The number of unbranched alkanes of at least 4 members (excludes halogenated alkanes) is 2. The summed E-state index contributed by atoms with van der Waals surface area (Å²) in [6.07, 6.45) is 6.74. The molecule has 0 spiro atoms. The zero-order chi connectivity index (χ0) is 17.0. The Kier molecular flexibility index (Phi) is 12.4. The maximum Gasteiger partial charge on any atom is 0.227 e. The molecular formula is C17H40N4P+. The smallest absolute Gasteiger partial charge is 0.227 e. The molecule has 22 heavy (non-hydrogen) atoms. The summed E-state index contributed by atoms with van der Waals surface area (Å²) in [6, 6.07) is 0. The summed E-state index contributed by atoms with van der Waals surface area (Å²) in [6.45, 7) is 19.9. The summed E-state index contributed by atoms with van der Waals surface area (Å²) in [4.78, 5) is 0. The zero-order valence-electron chi connectivity index (χ0n) is 15.9. The monoisotopic (exact) mass is 331 g/mol. The Hall–Kier alpha value is -0.0200. The van der Waals surface area contributed by atoms with Gasteiger partial charge in [-0.25, -0.2) is 0 Å². The minimum absolute atomic E-state index is 0.781. The summed E-state index contributed by atoms with van der Waals surface area (Å²) < 4.78 is 8.03. The Morgan fingerprint density at radius 1 is 0.727 bits per heavy atom. The molecule has 0 aliphatic carbocycles. The molecule has 0 aromatic carbocycles. The van der Waals surface area contributed by atoms with Gasteiger partial charge in [-0.05, 0) is 47.5 Å². The van der Waals surface area contributed by atoms with Crippen LogP contribution in [-0.4, -0.2) is 65.7 Å². The van der Waals surface area contributed by atoms with Gasteiger partial charge >= 0.3 is 0 Å². The van der Waals surface area contributed by atoms with Gasteiger partial charge in [0.2, 0.25) is 7.71 Å². The van der Waals surface area contributed by atoms with Gasteiger partial charge in [-0.3, -0.25) is 0 Å². The van der Waals surface area contributed by atoms with E-state index in [9.17, 15) is 0 Å². The predicted octanol–water partition coefficient (Wildman–Crippen LogP) is 4.59. The molecule has 0 heterocycles. The average molecular weight is 332 g/mol. The van der Waals surface area contributed by atoms with E-state index in [0.717, 1.165) is 39.3 Å². The number of hydrogen-bond donors (Lipinski definition) is 1. The zero-order valence-corrected chi connectivity index (χ0v) is 16.8. The van der Waals surface area contributed by atoms with Crippen molar-refractivity contribution in [3.05, 3.63) is 0 Å². The lowest BCUT2D eigenvalue weighted by atomic mass is 10.3. The molecule has 0 fully saturated rings. The normalized spacial score (nSPS) is 12.6. The van der Waals surface area contributed by atoms with Crippen LogP contribution in [0.3, 0.4) is 0 Å². The standard InChI is InChI=1S/C17H40N4P/c1-7-13-14-17-22(19(8-2)9-3,20(10-4)11-5)21(12-6)16-15-18/h15,18H,7-14,16-17H2,1-6H3/q+1. The van der Waals surface area contributed by atoms with E-state index in [0.29, 0.717) is 0 Å². The largest absolute Gasteiger partial charge is 0.312 e. The minimum Gasteiger partial charge on any atom is -0.312 e. The second-order valence-corrected chi connectivity index (χ2v) is 9.14.